The number of nitrogens with zero attached hydrogens (tertiary/aromatic N) is 1. The van der Waals surface area contributed by atoms with Crippen molar-refractivity contribution in [3.63, 3.8) is 0 Å². The van der Waals surface area contributed by atoms with E-state index >= 15 is 0 Å². The molecule has 0 saturated carbocycles. The normalized spacial score (nSPS) is 29.1. The number of hydrogen-bond donors (Lipinski definition) is 2. The molecule has 2 heterocycles. The highest BCUT2D eigenvalue weighted by Gasteiger charge is 2.32. The van der Waals surface area contributed by atoms with Gasteiger partial charge in [0.25, 0.3) is 0 Å². The Morgan fingerprint density at radius 1 is 1.71 bits per heavy atom. The van der Waals surface area contributed by atoms with Gasteiger partial charge in [-0.2, -0.15) is 5.43 Å². The van der Waals surface area contributed by atoms with Gasteiger partial charge in [0.15, 0.2) is 6.23 Å². The van der Waals surface area contributed by atoms with Crippen molar-refractivity contribution in [2.24, 2.45) is 0 Å². The molecular formula is C11H18N2O4. The Kier molecular flexibility index (Phi) is 3.98. The van der Waals surface area contributed by atoms with Crippen molar-refractivity contribution in [3.05, 3.63) is 11.8 Å². The minimum atomic E-state index is -1.01. The third-order valence-corrected chi connectivity index (χ3v) is 2.82. The van der Waals surface area contributed by atoms with Gasteiger partial charge in [0.05, 0.1) is 12.2 Å². The molecule has 2 rings (SSSR count). The van der Waals surface area contributed by atoms with Crippen molar-refractivity contribution in [1.29, 1.82) is 0 Å². The molecule has 0 radical (unpaired) electrons. The van der Waals surface area contributed by atoms with Crippen LogP contribution in [0.4, 0.5) is 0 Å². The van der Waals surface area contributed by atoms with Gasteiger partial charge in [-0.3, -0.25) is 5.01 Å². The fourth-order valence-corrected chi connectivity index (χ4v) is 1.96. The maximum Gasteiger partial charge on any atom is 0.339 e. The molecule has 6 heteroatoms. The minimum Gasteiger partial charge on any atom is -0.462 e. The maximum absolute atomic E-state index is 11.5. The predicted octanol–water partition coefficient (Wildman–Crippen LogP) is 0.0986. The summed E-state index contributed by atoms with van der Waals surface area (Å²) in [6, 6.07) is 0. The maximum atomic E-state index is 11.5. The summed E-state index contributed by atoms with van der Waals surface area (Å²) < 4.78 is 10.4. The van der Waals surface area contributed by atoms with Gasteiger partial charge in [-0.05, 0) is 26.2 Å². The largest absolute Gasteiger partial charge is 0.462 e. The van der Waals surface area contributed by atoms with E-state index < -0.39 is 12.2 Å². The van der Waals surface area contributed by atoms with Crippen LogP contribution >= 0.6 is 0 Å². The first kappa shape index (κ1) is 12.3. The van der Waals surface area contributed by atoms with Crippen LogP contribution < -0.4 is 5.43 Å². The van der Waals surface area contributed by atoms with Gasteiger partial charge in [0.2, 0.25) is 0 Å². The first-order chi connectivity index (χ1) is 8.22. The molecule has 6 nitrogen and oxygen atoms in total. The highest BCUT2D eigenvalue weighted by Crippen LogP contribution is 2.21. The average molecular weight is 242 g/mol. The monoisotopic (exact) mass is 242 g/mol. The second-order valence-electron chi connectivity index (χ2n) is 4.07. The lowest BCUT2D eigenvalue weighted by molar-refractivity contribution is -0.139. The molecule has 0 amide bonds. The minimum absolute atomic E-state index is 0.120. The van der Waals surface area contributed by atoms with Crippen LogP contribution in [0.15, 0.2) is 11.8 Å². The highest BCUT2D eigenvalue weighted by atomic mass is 16.5. The fourth-order valence-electron chi connectivity index (χ4n) is 1.96. The molecule has 0 aliphatic carbocycles. The summed E-state index contributed by atoms with van der Waals surface area (Å²) in [5, 5.41) is 11.4. The van der Waals surface area contributed by atoms with Crippen LogP contribution in [0.1, 0.15) is 26.2 Å². The Morgan fingerprint density at radius 3 is 3.18 bits per heavy atom. The number of hydrazine groups is 1. The molecule has 0 aromatic carbocycles. The number of carbonyl (C=O) groups is 1. The van der Waals surface area contributed by atoms with Gasteiger partial charge < -0.3 is 14.6 Å². The zero-order valence-electron chi connectivity index (χ0n) is 9.89. The van der Waals surface area contributed by atoms with E-state index in [1.165, 1.54) is 0 Å². The molecule has 17 heavy (non-hydrogen) atoms. The first-order valence-corrected chi connectivity index (χ1v) is 5.95. The third-order valence-electron chi connectivity index (χ3n) is 2.82. The first-order valence-electron chi connectivity index (χ1n) is 5.95. The van der Waals surface area contributed by atoms with Gasteiger partial charge in [0.1, 0.15) is 6.23 Å². The van der Waals surface area contributed by atoms with Gasteiger partial charge in [0, 0.05) is 12.8 Å². The molecule has 1 fully saturated rings. The van der Waals surface area contributed by atoms with E-state index in [4.69, 9.17) is 9.47 Å². The van der Waals surface area contributed by atoms with Crippen molar-refractivity contribution in [1.82, 2.24) is 10.4 Å². The van der Waals surface area contributed by atoms with Gasteiger partial charge >= 0.3 is 5.97 Å². The zero-order valence-corrected chi connectivity index (χ0v) is 9.89. The van der Waals surface area contributed by atoms with Crippen LogP contribution in [0, 0.1) is 0 Å². The summed E-state index contributed by atoms with van der Waals surface area (Å²) in [7, 11) is 0. The number of carbonyl (C=O) groups excluding carboxylic acids is 1. The van der Waals surface area contributed by atoms with Crippen molar-refractivity contribution in [2.75, 3.05) is 13.2 Å². The number of rotatable bonds is 3. The van der Waals surface area contributed by atoms with E-state index in [9.17, 15) is 9.90 Å². The quantitative estimate of drug-likeness (QED) is 0.684. The SMILES string of the molecule is CCOC(=O)C1=CN(C2CCCCO2)NC1O. The van der Waals surface area contributed by atoms with Crippen molar-refractivity contribution >= 4 is 5.97 Å². The number of esters is 1. The summed E-state index contributed by atoms with van der Waals surface area (Å²) in [6.07, 6.45) is 3.46. The van der Waals surface area contributed by atoms with Gasteiger partial charge in [-0.15, -0.1) is 0 Å². The molecule has 0 spiro atoms. The number of ether oxygens (including phenoxy) is 2. The average Bonchev–Trinajstić information content (AvgIpc) is 2.73. The van der Waals surface area contributed by atoms with Gasteiger partial charge in [-0.1, -0.05) is 0 Å². The third kappa shape index (κ3) is 2.77. The van der Waals surface area contributed by atoms with Gasteiger partial charge in [-0.25, -0.2) is 4.79 Å². The Balaban J connectivity index is 1.99. The number of aliphatic hydroxyl groups excluding tert-OH is 1. The smallest absolute Gasteiger partial charge is 0.339 e. The van der Waals surface area contributed by atoms with E-state index in [2.05, 4.69) is 5.43 Å². The van der Waals surface area contributed by atoms with Crippen molar-refractivity contribution < 1.29 is 19.4 Å². The molecule has 2 aliphatic heterocycles. The number of aliphatic hydroxyl groups is 1. The molecule has 0 aromatic heterocycles. The summed E-state index contributed by atoms with van der Waals surface area (Å²) in [6.45, 7) is 2.74. The molecule has 2 atom stereocenters. The van der Waals surface area contributed by atoms with E-state index in [0.717, 1.165) is 19.3 Å². The fraction of sp³-hybridized carbons (Fsp3) is 0.727. The standard InChI is InChI=1S/C11H18N2O4/c1-2-16-11(15)8-7-13(12-10(8)14)9-5-3-4-6-17-9/h7,9-10,12,14H,2-6H2,1H3. The van der Waals surface area contributed by atoms with Crippen molar-refractivity contribution in [3.8, 4) is 0 Å². The van der Waals surface area contributed by atoms with Crippen LogP contribution in [-0.2, 0) is 14.3 Å². The molecule has 0 bridgehead atoms. The summed E-state index contributed by atoms with van der Waals surface area (Å²) >= 11 is 0. The van der Waals surface area contributed by atoms with Crippen LogP contribution in [0.5, 0.6) is 0 Å². The van der Waals surface area contributed by atoms with Crippen LogP contribution in [-0.4, -0.2) is 41.8 Å². The lowest BCUT2D eigenvalue weighted by Crippen LogP contribution is -2.45. The molecular weight excluding hydrogens is 224 g/mol. The van der Waals surface area contributed by atoms with Crippen LogP contribution in [0.3, 0.4) is 0 Å². The topological polar surface area (TPSA) is 71.0 Å². The molecule has 1 saturated heterocycles. The van der Waals surface area contributed by atoms with E-state index in [1.54, 1.807) is 18.1 Å². The molecule has 2 aliphatic rings. The van der Waals surface area contributed by atoms with E-state index in [-0.39, 0.29) is 11.8 Å². The van der Waals surface area contributed by atoms with E-state index in [1.807, 2.05) is 0 Å². The van der Waals surface area contributed by atoms with E-state index in [0.29, 0.717) is 13.2 Å². The molecule has 2 N–H and O–H groups in total. The highest BCUT2D eigenvalue weighted by molar-refractivity contribution is 5.89. The number of hydrogen-bond acceptors (Lipinski definition) is 6. The second-order valence-corrected chi connectivity index (χ2v) is 4.07. The van der Waals surface area contributed by atoms with Crippen LogP contribution in [0.25, 0.3) is 0 Å². The second kappa shape index (κ2) is 5.48. The molecule has 2 unspecified atom stereocenters. The summed E-state index contributed by atoms with van der Waals surface area (Å²) in [5.41, 5.74) is 3.01. The Bertz CT molecular complexity index is 313. The molecule has 96 valence electrons. The Labute approximate surface area is 100 Å². The summed E-state index contributed by atoms with van der Waals surface area (Å²) in [4.78, 5) is 11.5. The lowest BCUT2D eigenvalue weighted by atomic mass is 10.2. The lowest BCUT2D eigenvalue weighted by Gasteiger charge is -2.31. The molecule has 0 aromatic rings. The number of nitrogens with one attached hydrogen (secondary N) is 1. The Hall–Kier alpha value is -1.11. The zero-order chi connectivity index (χ0) is 12.3. The Morgan fingerprint density at radius 2 is 2.53 bits per heavy atom. The predicted molar refractivity (Wildman–Crippen MR) is 59.3 cm³/mol. The van der Waals surface area contributed by atoms with Crippen molar-refractivity contribution in [2.45, 2.75) is 38.6 Å². The summed E-state index contributed by atoms with van der Waals surface area (Å²) in [5.74, 6) is -0.495. The van der Waals surface area contributed by atoms with Crippen LogP contribution in [0.2, 0.25) is 0 Å².